The predicted molar refractivity (Wildman–Crippen MR) is 53.9 cm³/mol. The highest BCUT2D eigenvalue weighted by atomic mass is 127. The van der Waals surface area contributed by atoms with E-state index in [1.165, 1.54) is 0 Å². The van der Waals surface area contributed by atoms with E-state index in [4.69, 9.17) is 0 Å². The molecule has 1 N–H and O–H groups in total. The molecule has 4 nitrogen and oxygen atoms in total. The summed E-state index contributed by atoms with van der Waals surface area (Å²) in [5, 5.41) is 0. The summed E-state index contributed by atoms with van der Waals surface area (Å²) in [4.78, 5) is 15.8. The minimum absolute atomic E-state index is 0.754. The molecular weight excluding hydrogens is 267 g/mol. The Morgan fingerprint density at radius 1 is 1.17 bits per heavy atom. The second kappa shape index (κ2) is 2.65. The smallest absolute Gasteiger partial charge is 0.182 e. The Bertz CT molecular complexity index is 434. The van der Waals surface area contributed by atoms with Gasteiger partial charge in [-0.1, -0.05) is 0 Å². The number of H-pyrrole nitrogens is 1. The summed E-state index contributed by atoms with van der Waals surface area (Å²) in [7, 11) is 0. The number of rotatable bonds is 0. The van der Waals surface area contributed by atoms with Gasteiger partial charge in [0.1, 0.15) is 20.9 Å². The zero-order valence-electron chi connectivity index (χ0n) is 6.72. The molecule has 0 aromatic carbocycles. The van der Waals surface area contributed by atoms with Crippen molar-refractivity contribution >= 4 is 33.8 Å². The molecule has 0 spiro atoms. The fourth-order valence-corrected chi connectivity index (χ4v) is 1.81. The molecule has 2 heterocycles. The Kier molecular flexibility index (Phi) is 1.75. The van der Waals surface area contributed by atoms with Crippen LogP contribution in [-0.2, 0) is 0 Å². The maximum atomic E-state index is 4.22. The van der Waals surface area contributed by atoms with E-state index >= 15 is 0 Å². The van der Waals surface area contributed by atoms with Crippen LogP contribution in [0.25, 0.3) is 11.2 Å². The van der Waals surface area contributed by atoms with Crippen molar-refractivity contribution in [2.45, 2.75) is 13.8 Å². The minimum Gasteiger partial charge on any atom is -0.339 e. The summed E-state index contributed by atoms with van der Waals surface area (Å²) in [5.41, 5.74) is 1.68. The molecule has 0 saturated heterocycles. The predicted octanol–water partition coefficient (Wildman–Crippen LogP) is 1.57. The van der Waals surface area contributed by atoms with E-state index in [-0.39, 0.29) is 0 Å². The maximum Gasteiger partial charge on any atom is 0.182 e. The van der Waals surface area contributed by atoms with Gasteiger partial charge in [-0.15, -0.1) is 0 Å². The maximum absolute atomic E-state index is 4.22. The molecule has 0 fully saturated rings. The van der Waals surface area contributed by atoms with Crippen LogP contribution in [0.1, 0.15) is 11.6 Å². The molecular formula is C7H7IN4. The minimum atomic E-state index is 0.754. The van der Waals surface area contributed by atoms with Crippen LogP contribution in [0.4, 0.5) is 0 Å². The Balaban J connectivity index is 2.88. The molecule has 2 rings (SSSR count). The van der Waals surface area contributed by atoms with Crippen molar-refractivity contribution in [3.05, 3.63) is 15.3 Å². The average Bonchev–Trinajstić information content (AvgIpc) is 2.29. The van der Waals surface area contributed by atoms with Crippen LogP contribution in [0, 0.1) is 17.5 Å². The highest BCUT2D eigenvalue weighted by Crippen LogP contribution is 2.14. The van der Waals surface area contributed by atoms with Gasteiger partial charge in [-0.05, 0) is 36.4 Å². The number of imidazole rings is 1. The second-order valence-corrected chi connectivity index (χ2v) is 3.60. The van der Waals surface area contributed by atoms with Gasteiger partial charge < -0.3 is 4.98 Å². The van der Waals surface area contributed by atoms with Gasteiger partial charge in [-0.2, -0.15) is 0 Å². The lowest BCUT2D eigenvalue weighted by Gasteiger charge is -1.93. The van der Waals surface area contributed by atoms with Gasteiger partial charge in [0.2, 0.25) is 0 Å². The number of hydrogen-bond donors (Lipinski definition) is 1. The lowest BCUT2D eigenvalue weighted by molar-refractivity contribution is 1.06. The van der Waals surface area contributed by atoms with E-state index in [1.807, 2.05) is 13.8 Å². The van der Waals surface area contributed by atoms with Gasteiger partial charge in [-0.25, -0.2) is 15.0 Å². The Morgan fingerprint density at radius 3 is 2.67 bits per heavy atom. The zero-order valence-corrected chi connectivity index (χ0v) is 8.88. The molecule has 12 heavy (non-hydrogen) atoms. The quantitative estimate of drug-likeness (QED) is 0.586. The first kappa shape index (κ1) is 7.90. The third-order valence-electron chi connectivity index (χ3n) is 1.54. The third-order valence-corrected chi connectivity index (χ3v) is 2.32. The number of nitrogens with one attached hydrogen (secondary N) is 1. The molecule has 0 aliphatic carbocycles. The Labute approximate surface area is 83.0 Å². The number of aryl methyl sites for hydroxylation is 2. The van der Waals surface area contributed by atoms with E-state index < -0.39 is 0 Å². The van der Waals surface area contributed by atoms with Crippen LogP contribution in [-0.4, -0.2) is 19.9 Å². The lowest BCUT2D eigenvalue weighted by Crippen LogP contribution is -1.91. The average molecular weight is 274 g/mol. The third kappa shape index (κ3) is 1.17. The van der Waals surface area contributed by atoms with E-state index in [0.717, 1.165) is 26.5 Å². The standard InChI is InChI=1S/C7H7IN4/c1-3-9-5-6(8)10-4(2)12-7(5)11-3/h1-2H3,(H,9,10,11,12). The van der Waals surface area contributed by atoms with Crippen LogP contribution < -0.4 is 0 Å². The van der Waals surface area contributed by atoms with Crippen molar-refractivity contribution in [3.8, 4) is 0 Å². The largest absolute Gasteiger partial charge is 0.339 e. The van der Waals surface area contributed by atoms with E-state index in [0.29, 0.717) is 0 Å². The summed E-state index contributed by atoms with van der Waals surface area (Å²) in [6.07, 6.45) is 0. The first-order valence-corrected chi connectivity index (χ1v) is 4.61. The van der Waals surface area contributed by atoms with Gasteiger partial charge in [0, 0.05) is 0 Å². The van der Waals surface area contributed by atoms with Gasteiger partial charge in [0.05, 0.1) is 0 Å². The molecule has 5 heteroatoms. The van der Waals surface area contributed by atoms with Crippen molar-refractivity contribution in [1.29, 1.82) is 0 Å². The van der Waals surface area contributed by atoms with Crippen molar-refractivity contribution in [1.82, 2.24) is 19.9 Å². The molecule has 0 amide bonds. The molecule has 0 aliphatic heterocycles. The fourth-order valence-electron chi connectivity index (χ4n) is 1.08. The molecule has 62 valence electrons. The van der Waals surface area contributed by atoms with Crippen LogP contribution in [0.3, 0.4) is 0 Å². The monoisotopic (exact) mass is 274 g/mol. The number of aromatic nitrogens is 4. The van der Waals surface area contributed by atoms with Crippen LogP contribution in [0.2, 0.25) is 0 Å². The normalized spacial score (nSPS) is 10.9. The van der Waals surface area contributed by atoms with Crippen molar-refractivity contribution < 1.29 is 0 Å². The second-order valence-electron chi connectivity index (χ2n) is 2.58. The number of nitrogens with zero attached hydrogens (tertiary/aromatic N) is 3. The summed E-state index contributed by atoms with van der Waals surface area (Å²) in [6, 6.07) is 0. The molecule has 0 atom stereocenters. The highest BCUT2D eigenvalue weighted by Gasteiger charge is 2.06. The Hall–Kier alpha value is -0.720. The SMILES string of the molecule is Cc1nc(I)c2[nH]c(C)nc2n1. The van der Waals surface area contributed by atoms with E-state index in [1.54, 1.807) is 0 Å². The Morgan fingerprint density at radius 2 is 1.92 bits per heavy atom. The van der Waals surface area contributed by atoms with Crippen LogP contribution in [0.5, 0.6) is 0 Å². The van der Waals surface area contributed by atoms with Crippen LogP contribution >= 0.6 is 22.6 Å². The summed E-state index contributed by atoms with van der Waals surface area (Å²) < 4.78 is 0.927. The molecule has 0 saturated carbocycles. The van der Waals surface area contributed by atoms with Gasteiger partial charge in [-0.3, -0.25) is 0 Å². The summed E-state index contributed by atoms with van der Waals surface area (Å²) in [6.45, 7) is 3.78. The molecule has 0 unspecified atom stereocenters. The fraction of sp³-hybridized carbons (Fsp3) is 0.286. The van der Waals surface area contributed by atoms with Gasteiger partial charge in [0.25, 0.3) is 0 Å². The van der Waals surface area contributed by atoms with Gasteiger partial charge in [0.15, 0.2) is 5.65 Å². The molecule has 0 bridgehead atoms. The zero-order chi connectivity index (χ0) is 8.72. The highest BCUT2D eigenvalue weighted by molar-refractivity contribution is 14.1. The molecule has 2 aromatic heterocycles. The molecule has 0 aliphatic rings. The van der Waals surface area contributed by atoms with E-state index in [9.17, 15) is 0 Å². The number of aromatic amines is 1. The first-order chi connectivity index (χ1) is 5.66. The molecule has 0 radical (unpaired) electrons. The van der Waals surface area contributed by atoms with Crippen LogP contribution in [0.15, 0.2) is 0 Å². The van der Waals surface area contributed by atoms with Crippen molar-refractivity contribution in [2.75, 3.05) is 0 Å². The summed E-state index contributed by atoms with van der Waals surface area (Å²) in [5.74, 6) is 1.64. The number of hydrogen-bond acceptors (Lipinski definition) is 3. The first-order valence-electron chi connectivity index (χ1n) is 3.53. The molecule has 2 aromatic rings. The number of halogens is 1. The van der Waals surface area contributed by atoms with Gasteiger partial charge >= 0.3 is 0 Å². The van der Waals surface area contributed by atoms with Crippen molar-refractivity contribution in [3.63, 3.8) is 0 Å². The van der Waals surface area contributed by atoms with E-state index in [2.05, 4.69) is 42.5 Å². The van der Waals surface area contributed by atoms with Crippen molar-refractivity contribution in [2.24, 2.45) is 0 Å². The number of fused-ring (bicyclic) bond motifs is 1. The topological polar surface area (TPSA) is 54.5 Å². The lowest BCUT2D eigenvalue weighted by atomic mass is 10.5. The summed E-state index contributed by atoms with van der Waals surface area (Å²) >= 11 is 2.17.